The van der Waals surface area contributed by atoms with Crippen LogP contribution in [0.15, 0.2) is 24.7 Å². The van der Waals surface area contributed by atoms with E-state index < -0.39 is 0 Å². The normalized spacial score (nSPS) is 20.0. The van der Waals surface area contributed by atoms with Crippen molar-refractivity contribution in [3.63, 3.8) is 0 Å². The van der Waals surface area contributed by atoms with Crippen molar-refractivity contribution >= 4 is 16.7 Å². The SMILES string of the molecule is CN1CCC(n2cc(-c3n[nH]c4ccnc(NC5CCOCC5)c34)cn2)CC1. The molecule has 0 aliphatic carbocycles. The number of hydrogen-bond acceptors (Lipinski definition) is 6. The van der Waals surface area contributed by atoms with Gasteiger partial charge in [-0.3, -0.25) is 9.78 Å². The Morgan fingerprint density at radius 3 is 2.82 bits per heavy atom. The van der Waals surface area contributed by atoms with E-state index in [1.807, 2.05) is 18.5 Å². The molecule has 8 heteroatoms. The number of hydrogen-bond donors (Lipinski definition) is 2. The van der Waals surface area contributed by atoms with Crippen LogP contribution in [0.4, 0.5) is 5.82 Å². The number of H-pyrrole nitrogens is 1. The molecule has 148 valence electrons. The van der Waals surface area contributed by atoms with Crippen molar-refractivity contribution in [3.05, 3.63) is 24.7 Å². The molecule has 8 nitrogen and oxygen atoms in total. The summed E-state index contributed by atoms with van der Waals surface area (Å²) >= 11 is 0. The minimum Gasteiger partial charge on any atom is -0.381 e. The lowest BCUT2D eigenvalue weighted by Gasteiger charge is -2.28. The maximum absolute atomic E-state index is 5.48. The standard InChI is InChI=1S/C20H27N7O/c1-26-8-3-16(4-9-26)27-13-14(12-22-27)19-18-17(24-25-19)2-7-21-20(18)23-15-5-10-28-11-6-15/h2,7,12-13,15-16H,3-6,8-11H2,1H3,(H,21,23)(H,24,25). The van der Waals surface area contributed by atoms with E-state index >= 15 is 0 Å². The number of anilines is 1. The van der Waals surface area contributed by atoms with Gasteiger partial charge in [0.2, 0.25) is 0 Å². The molecule has 0 unspecified atom stereocenters. The molecule has 3 aromatic heterocycles. The molecule has 2 N–H and O–H groups in total. The smallest absolute Gasteiger partial charge is 0.137 e. The van der Waals surface area contributed by atoms with Crippen molar-refractivity contribution in [3.8, 4) is 11.3 Å². The zero-order valence-electron chi connectivity index (χ0n) is 16.3. The highest BCUT2D eigenvalue weighted by Crippen LogP contribution is 2.32. The van der Waals surface area contributed by atoms with E-state index in [4.69, 9.17) is 4.74 Å². The van der Waals surface area contributed by atoms with E-state index in [0.717, 1.165) is 80.0 Å². The Balaban J connectivity index is 1.44. The first-order chi connectivity index (χ1) is 13.8. The van der Waals surface area contributed by atoms with Gasteiger partial charge in [0.25, 0.3) is 0 Å². The van der Waals surface area contributed by atoms with Crippen molar-refractivity contribution < 1.29 is 4.74 Å². The first-order valence-corrected chi connectivity index (χ1v) is 10.2. The second kappa shape index (κ2) is 7.52. The molecular formula is C20H27N7O. The fourth-order valence-electron chi connectivity index (χ4n) is 4.24. The van der Waals surface area contributed by atoms with Gasteiger partial charge in [-0.25, -0.2) is 4.98 Å². The molecule has 0 radical (unpaired) electrons. The van der Waals surface area contributed by atoms with Crippen LogP contribution in [-0.2, 0) is 4.74 Å². The fourth-order valence-corrected chi connectivity index (χ4v) is 4.24. The summed E-state index contributed by atoms with van der Waals surface area (Å²) in [5, 5.41) is 17.1. The molecule has 0 saturated carbocycles. The van der Waals surface area contributed by atoms with Crippen LogP contribution in [0.2, 0.25) is 0 Å². The number of likely N-dealkylation sites (tertiary alicyclic amines) is 1. The quantitative estimate of drug-likeness (QED) is 0.723. The molecule has 2 saturated heterocycles. The summed E-state index contributed by atoms with van der Waals surface area (Å²) in [5.41, 5.74) is 2.94. The molecule has 0 amide bonds. The number of nitrogens with zero attached hydrogens (tertiary/aromatic N) is 5. The van der Waals surface area contributed by atoms with Gasteiger partial charge in [-0.15, -0.1) is 0 Å². The third-order valence-electron chi connectivity index (χ3n) is 5.98. The van der Waals surface area contributed by atoms with Crippen LogP contribution in [-0.4, -0.2) is 69.3 Å². The number of nitrogens with one attached hydrogen (secondary N) is 2. The van der Waals surface area contributed by atoms with Crippen molar-refractivity contribution in [2.24, 2.45) is 0 Å². The monoisotopic (exact) mass is 381 g/mol. The molecule has 2 aliphatic heterocycles. The van der Waals surface area contributed by atoms with Crippen LogP contribution >= 0.6 is 0 Å². The second-order valence-corrected chi connectivity index (χ2v) is 7.93. The summed E-state index contributed by atoms with van der Waals surface area (Å²) in [6.07, 6.45) is 10.2. The van der Waals surface area contributed by atoms with Gasteiger partial charge in [-0.1, -0.05) is 0 Å². The van der Waals surface area contributed by atoms with Crippen molar-refractivity contribution in [2.75, 3.05) is 38.7 Å². The molecule has 2 fully saturated rings. The summed E-state index contributed by atoms with van der Waals surface area (Å²) in [4.78, 5) is 7.00. The number of aromatic nitrogens is 5. The first kappa shape index (κ1) is 17.6. The predicted octanol–water partition coefficient (Wildman–Crippen LogP) is 2.68. The number of aromatic amines is 1. The zero-order valence-corrected chi connectivity index (χ0v) is 16.3. The Bertz CT molecular complexity index is 935. The summed E-state index contributed by atoms with van der Waals surface area (Å²) in [6, 6.07) is 2.83. The lowest BCUT2D eigenvalue weighted by atomic mass is 10.1. The molecule has 0 bridgehead atoms. The van der Waals surface area contributed by atoms with Crippen molar-refractivity contribution in [1.82, 2.24) is 29.9 Å². The van der Waals surface area contributed by atoms with E-state index in [2.05, 4.69) is 48.4 Å². The van der Waals surface area contributed by atoms with Crippen LogP contribution in [0.25, 0.3) is 22.2 Å². The minimum absolute atomic E-state index is 0.386. The molecule has 28 heavy (non-hydrogen) atoms. The van der Waals surface area contributed by atoms with E-state index in [1.54, 1.807) is 0 Å². The Hall–Kier alpha value is -2.45. The topological polar surface area (TPSA) is 83.9 Å². The van der Waals surface area contributed by atoms with E-state index in [1.165, 1.54) is 0 Å². The van der Waals surface area contributed by atoms with E-state index in [9.17, 15) is 0 Å². The van der Waals surface area contributed by atoms with E-state index in [-0.39, 0.29) is 0 Å². The Morgan fingerprint density at radius 2 is 2.00 bits per heavy atom. The molecular weight excluding hydrogens is 354 g/mol. The third kappa shape index (κ3) is 3.38. The maximum atomic E-state index is 5.48. The number of rotatable bonds is 4. The summed E-state index contributed by atoms with van der Waals surface area (Å²) < 4.78 is 7.59. The van der Waals surface area contributed by atoms with E-state index in [0.29, 0.717) is 12.1 Å². The van der Waals surface area contributed by atoms with Gasteiger partial charge in [0, 0.05) is 37.2 Å². The fraction of sp³-hybridized carbons (Fsp3) is 0.550. The lowest BCUT2D eigenvalue weighted by Crippen LogP contribution is -2.31. The molecule has 3 aromatic rings. The highest BCUT2D eigenvalue weighted by Gasteiger charge is 2.22. The Labute approximate surface area is 164 Å². The highest BCUT2D eigenvalue weighted by atomic mass is 16.5. The second-order valence-electron chi connectivity index (χ2n) is 7.93. The van der Waals surface area contributed by atoms with Crippen LogP contribution in [0.3, 0.4) is 0 Å². The van der Waals surface area contributed by atoms with Crippen molar-refractivity contribution in [2.45, 2.75) is 37.8 Å². The average molecular weight is 381 g/mol. The average Bonchev–Trinajstić information content (AvgIpc) is 3.37. The largest absolute Gasteiger partial charge is 0.381 e. The number of fused-ring (bicyclic) bond motifs is 1. The molecule has 5 heterocycles. The van der Waals surface area contributed by atoms with Gasteiger partial charge >= 0.3 is 0 Å². The third-order valence-corrected chi connectivity index (χ3v) is 5.98. The van der Waals surface area contributed by atoms with Crippen molar-refractivity contribution in [1.29, 1.82) is 0 Å². The summed E-state index contributed by atoms with van der Waals surface area (Å²) in [6.45, 7) is 3.84. The highest BCUT2D eigenvalue weighted by molar-refractivity contribution is 6.00. The minimum atomic E-state index is 0.386. The number of ether oxygens (including phenoxy) is 1. The molecule has 5 rings (SSSR count). The summed E-state index contributed by atoms with van der Waals surface area (Å²) in [5.74, 6) is 0.889. The van der Waals surface area contributed by atoms with Gasteiger partial charge < -0.3 is 15.0 Å². The van der Waals surface area contributed by atoms with Gasteiger partial charge in [0.15, 0.2) is 0 Å². The lowest BCUT2D eigenvalue weighted by molar-refractivity contribution is 0.0904. The molecule has 0 atom stereocenters. The number of pyridine rings is 1. The molecule has 0 spiro atoms. The first-order valence-electron chi connectivity index (χ1n) is 10.2. The van der Waals surface area contributed by atoms with Gasteiger partial charge in [-0.05, 0) is 51.9 Å². The molecule has 2 aliphatic rings. The zero-order chi connectivity index (χ0) is 18.9. The van der Waals surface area contributed by atoms with Crippen LogP contribution in [0.1, 0.15) is 31.7 Å². The Kier molecular flexibility index (Phi) is 4.74. The van der Waals surface area contributed by atoms with Crippen LogP contribution in [0, 0.1) is 0 Å². The maximum Gasteiger partial charge on any atom is 0.137 e. The number of piperidine rings is 1. The summed E-state index contributed by atoms with van der Waals surface area (Å²) in [7, 11) is 2.18. The van der Waals surface area contributed by atoms with Gasteiger partial charge in [-0.2, -0.15) is 10.2 Å². The predicted molar refractivity (Wildman–Crippen MR) is 108 cm³/mol. The van der Waals surface area contributed by atoms with Gasteiger partial charge in [0.05, 0.1) is 23.1 Å². The Morgan fingerprint density at radius 1 is 1.18 bits per heavy atom. The van der Waals surface area contributed by atoms with Crippen LogP contribution in [0.5, 0.6) is 0 Å². The van der Waals surface area contributed by atoms with Crippen LogP contribution < -0.4 is 5.32 Å². The van der Waals surface area contributed by atoms with Gasteiger partial charge in [0.1, 0.15) is 11.5 Å². The molecule has 0 aromatic carbocycles.